The van der Waals surface area contributed by atoms with Gasteiger partial charge < -0.3 is 14.7 Å². The van der Waals surface area contributed by atoms with Crippen molar-refractivity contribution < 1.29 is 9.59 Å². The molecule has 3 aliphatic heterocycles. The van der Waals surface area contributed by atoms with Gasteiger partial charge in [-0.25, -0.2) is 0 Å². The number of rotatable bonds is 3. The molecule has 3 fully saturated rings. The van der Waals surface area contributed by atoms with Crippen LogP contribution in [-0.4, -0.2) is 71.8 Å². The lowest BCUT2D eigenvalue weighted by Crippen LogP contribution is -2.53. The summed E-state index contributed by atoms with van der Waals surface area (Å²) < 4.78 is 0. The summed E-state index contributed by atoms with van der Waals surface area (Å²) in [6.45, 7) is 14.2. The monoisotopic (exact) mass is 377 g/mol. The standard InChI is InChI=1S/C22H39N3O2/c1-17-9-13-23(14-10-17)15-18-7-5-11-24(16-18)20(26)19-8-6-12-25(19)21(27)22(2,3)4/h17-19H,5-16H2,1-4H3/t18-,19-/m1/s1. The lowest BCUT2D eigenvalue weighted by molar-refractivity contribution is -0.149. The quantitative estimate of drug-likeness (QED) is 0.759. The van der Waals surface area contributed by atoms with E-state index < -0.39 is 5.41 Å². The topological polar surface area (TPSA) is 43.9 Å². The molecule has 0 bridgehead atoms. The summed E-state index contributed by atoms with van der Waals surface area (Å²) in [5.41, 5.74) is -0.418. The third-order valence-corrected chi connectivity index (χ3v) is 6.66. The average molecular weight is 378 g/mol. The lowest BCUT2D eigenvalue weighted by Gasteiger charge is -2.40. The maximum atomic E-state index is 13.2. The number of nitrogens with zero attached hydrogens (tertiary/aromatic N) is 3. The fraction of sp³-hybridized carbons (Fsp3) is 0.909. The maximum Gasteiger partial charge on any atom is 0.245 e. The molecule has 3 aliphatic rings. The van der Waals surface area contributed by atoms with Crippen molar-refractivity contribution >= 4 is 11.8 Å². The summed E-state index contributed by atoms with van der Waals surface area (Å²) in [6.07, 6.45) is 6.71. The van der Waals surface area contributed by atoms with Crippen LogP contribution in [0.4, 0.5) is 0 Å². The first-order valence-corrected chi connectivity index (χ1v) is 11.1. The van der Waals surface area contributed by atoms with Crippen LogP contribution in [0, 0.1) is 17.3 Å². The predicted molar refractivity (Wildman–Crippen MR) is 108 cm³/mol. The molecule has 0 aromatic heterocycles. The van der Waals surface area contributed by atoms with Crippen molar-refractivity contribution in [2.45, 2.75) is 72.3 Å². The normalized spacial score (nSPS) is 28.6. The Labute approximate surface area is 165 Å². The van der Waals surface area contributed by atoms with Crippen LogP contribution in [0.5, 0.6) is 0 Å². The van der Waals surface area contributed by atoms with Gasteiger partial charge in [-0.05, 0) is 63.5 Å². The van der Waals surface area contributed by atoms with E-state index in [1.807, 2.05) is 25.7 Å². The van der Waals surface area contributed by atoms with Gasteiger partial charge in [-0.15, -0.1) is 0 Å². The van der Waals surface area contributed by atoms with Crippen LogP contribution >= 0.6 is 0 Å². The van der Waals surface area contributed by atoms with Gasteiger partial charge in [-0.3, -0.25) is 9.59 Å². The van der Waals surface area contributed by atoms with Crippen LogP contribution in [0.2, 0.25) is 0 Å². The van der Waals surface area contributed by atoms with Crippen LogP contribution in [-0.2, 0) is 9.59 Å². The molecule has 3 heterocycles. The fourth-order valence-electron chi connectivity index (χ4n) is 4.93. The van der Waals surface area contributed by atoms with Crippen molar-refractivity contribution in [1.82, 2.24) is 14.7 Å². The second-order valence-corrected chi connectivity index (χ2v) is 10.2. The highest BCUT2D eigenvalue weighted by Gasteiger charge is 2.41. The average Bonchev–Trinajstić information content (AvgIpc) is 3.11. The molecule has 2 amide bonds. The highest BCUT2D eigenvalue weighted by molar-refractivity contribution is 5.90. The van der Waals surface area contributed by atoms with Gasteiger partial charge in [-0.2, -0.15) is 0 Å². The zero-order chi connectivity index (χ0) is 19.6. The van der Waals surface area contributed by atoms with Gasteiger partial charge in [0.2, 0.25) is 11.8 Å². The molecule has 0 unspecified atom stereocenters. The van der Waals surface area contributed by atoms with Crippen LogP contribution < -0.4 is 0 Å². The molecule has 0 spiro atoms. The number of amides is 2. The van der Waals surface area contributed by atoms with Crippen LogP contribution in [0.1, 0.15) is 66.2 Å². The number of likely N-dealkylation sites (tertiary alicyclic amines) is 3. The Balaban J connectivity index is 1.57. The third-order valence-electron chi connectivity index (χ3n) is 6.66. The fourth-order valence-corrected chi connectivity index (χ4v) is 4.93. The zero-order valence-corrected chi connectivity index (χ0v) is 17.9. The summed E-state index contributed by atoms with van der Waals surface area (Å²) in [7, 11) is 0. The first-order chi connectivity index (χ1) is 12.8. The predicted octanol–water partition coefficient (Wildman–Crippen LogP) is 2.99. The number of piperidine rings is 2. The highest BCUT2D eigenvalue weighted by Crippen LogP contribution is 2.28. The lowest BCUT2D eigenvalue weighted by atomic mass is 9.93. The molecule has 3 rings (SSSR count). The summed E-state index contributed by atoms with van der Waals surface area (Å²) in [5, 5.41) is 0. The Bertz CT molecular complexity index is 534. The molecule has 3 saturated heterocycles. The molecular formula is C22H39N3O2. The molecule has 0 aliphatic carbocycles. The first kappa shape index (κ1) is 20.6. The summed E-state index contributed by atoms with van der Waals surface area (Å²) in [5.74, 6) is 1.76. The molecule has 0 N–H and O–H groups in total. The number of carbonyl (C=O) groups excluding carboxylic acids is 2. The Morgan fingerprint density at radius 3 is 2.26 bits per heavy atom. The van der Waals surface area contributed by atoms with E-state index in [0.29, 0.717) is 5.92 Å². The number of hydrogen-bond acceptors (Lipinski definition) is 3. The van der Waals surface area contributed by atoms with Crippen molar-refractivity contribution in [2.24, 2.45) is 17.3 Å². The molecular weight excluding hydrogens is 338 g/mol. The largest absolute Gasteiger partial charge is 0.341 e. The maximum absolute atomic E-state index is 13.2. The van der Waals surface area contributed by atoms with Gasteiger partial charge >= 0.3 is 0 Å². The van der Waals surface area contributed by atoms with Crippen molar-refractivity contribution in [3.63, 3.8) is 0 Å². The molecule has 0 aromatic rings. The van der Waals surface area contributed by atoms with E-state index in [9.17, 15) is 9.59 Å². The van der Waals surface area contributed by atoms with Gasteiger partial charge in [0.1, 0.15) is 6.04 Å². The minimum absolute atomic E-state index is 0.120. The van der Waals surface area contributed by atoms with E-state index in [2.05, 4.69) is 16.7 Å². The van der Waals surface area contributed by atoms with E-state index in [4.69, 9.17) is 0 Å². The van der Waals surface area contributed by atoms with Gasteiger partial charge in [0.15, 0.2) is 0 Å². The van der Waals surface area contributed by atoms with Gasteiger partial charge in [0.25, 0.3) is 0 Å². The molecule has 0 saturated carbocycles. The Morgan fingerprint density at radius 1 is 0.926 bits per heavy atom. The van der Waals surface area contributed by atoms with Crippen LogP contribution in [0.15, 0.2) is 0 Å². The summed E-state index contributed by atoms with van der Waals surface area (Å²) in [6, 6.07) is -0.230. The van der Waals surface area contributed by atoms with E-state index in [1.54, 1.807) is 0 Å². The summed E-state index contributed by atoms with van der Waals surface area (Å²) >= 11 is 0. The molecule has 5 nitrogen and oxygen atoms in total. The molecule has 0 radical (unpaired) electrons. The van der Waals surface area contributed by atoms with Gasteiger partial charge in [-0.1, -0.05) is 27.7 Å². The smallest absolute Gasteiger partial charge is 0.245 e. The second kappa shape index (κ2) is 8.50. The Kier molecular flexibility index (Phi) is 6.50. The van der Waals surface area contributed by atoms with Crippen LogP contribution in [0.3, 0.4) is 0 Å². The van der Waals surface area contributed by atoms with Crippen molar-refractivity contribution in [2.75, 3.05) is 39.3 Å². The summed E-state index contributed by atoms with van der Waals surface area (Å²) in [4.78, 5) is 32.5. The van der Waals surface area contributed by atoms with E-state index in [-0.39, 0.29) is 17.9 Å². The molecule has 27 heavy (non-hydrogen) atoms. The van der Waals surface area contributed by atoms with E-state index >= 15 is 0 Å². The SMILES string of the molecule is CC1CCN(C[C@H]2CCCN(C(=O)[C@H]3CCCN3C(=O)C(C)(C)C)C2)CC1. The van der Waals surface area contributed by atoms with E-state index in [0.717, 1.165) is 51.4 Å². The van der Waals surface area contributed by atoms with Crippen LogP contribution in [0.25, 0.3) is 0 Å². The number of hydrogen-bond donors (Lipinski definition) is 0. The minimum atomic E-state index is -0.418. The molecule has 5 heteroatoms. The third kappa shape index (κ3) is 5.04. The minimum Gasteiger partial charge on any atom is -0.341 e. The Hall–Kier alpha value is -1.10. The van der Waals surface area contributed by atoms with E-state index in [1.165, 1.54) is 32.4 Å². The number of carbonyl (C=O) groups is 2. The van der Waals surface area contributed by atoms with Gasteiger partial charge in [0.05, 0.1) is 0 Å². The molecule has 154 valence electrons. The first-order valence-electron chi connectivity index (χ1n) is 11.1. The second-order valence-electron chi connectivity index (χ2n) is 10.2. The van der Waals surface area contributed by atoms with Crippen molar-refractivity contribution in [1.29, 1.82) is 0 Å². The van der Waals surface area contributed by atoms with Crippen molar-refractivity contribution in [3.8, 4) is 0 Å². The van der Waals surface area contributed by atoms with Gasteiger partial charge in [0, 0.05) is 31.6 Å². The molecule has 2 atom stereocenters. The molecule has 0 aromatic carbocycles. The zero-order valence-electron chi connectivity index (χ0n) is 17.9. The highest BCUT2D eigenvalue weighted by atomic mass is 16.2. The Morgan fingerprint density at radius 2 is 1.59 bits per heavy atom. The van der Waals surface area contributed by atoms with Crippen molar-refractivity contribution in [3.05, 3.63) is 0 Å².